The van der Waals surface area contributed by atoms with Crippen molar-refractivity contribution in [1.29, 1.82) is 0 Å². The number of allylic oxidation sites excluding steroid dienone is 2. The third-order valence-corrected chi connectivity index (χ3v) is 8.44. The molecule has 1 saturated carbocycles. The van der Waals surface area contributed by atoms with Crippen LogP contribution in [0.5, 0.6) is 0 Å². The fraction of sp³-hybridized carbons (Fsp3) is 0.414. The van der Waals surface area contributed by atoms with Gasteiger partial charge in [-0.1, -0.05) is 18.2 Å². The number of likely N-dealkylation sites (tertiary alicyclic amines) is 1. The monoisotopic (exact) mass is 551 g/mol. The Hall–Kier alpha value is -3.99. The van der Waals surface area contributed by atoms with E-state index in [4.69, 9.17) is 4.74 Å². The number of hydrogen-bond acceptors (Lipinski definition) is 6. The molecule has 1 saturated heterocycles. The Bertz CT molecular complexity index is 1540. The summed E-state index contributed by atoms with van der Waals surface area (Å²) in [6, 6.07) is 7.11. The van der Waals surface area contributed by atoms with Crippen LogP contribution in [0.15, 0.2) is 65.2 Å². The van der Waals surface area contributed by atoms with Crippen LogP contribution in [0.25, 0.3) is 11.2 Å². The van der Waals surface area contributed by atoms with Crippen molar-refractivity contribution in [2.75, 3.05) is 20.1 Å². The summed E-state index contributed by atoms with van der Waals surface area (Å²) in [5.74, 6) is -2.61. The highest BCUT2D eigenvalue weighted by atomic mass is 19.2. The number of pyridine rings is 1. The smallest absolute Gasteiger partial charge is 0.410 e. The summed E-state index contributed by atoms with van der Waals surface area (Å²) in [5, 5.41) is 11.3. The van der Waals surface area contributed by atoms with E-state index in [9.17, 15) is 23.5 Å². The van der Waals surface area contributed by atoms with Gasteiger partial charge in [0, 0.05) is 38.3 Å². The molecule has 1 amide bonds. The first-order valence-electron chi connectivity index (χ1n) is 13.6. The number of carbonyl (C=O) groups excluding carboxylic acids is 1. The lowest BCUT2D eigenvalue weighted by molar-refractivity contribution is 0.0243. The van der Waals surface area contributed by atoms with Crippen molar-refractivity contribution in [3.63, 3.8) is 0 Å². The zero-order valence-corrected chi connectivity index (χ0v) is 22.0. The number of aromatic nitrogens is 3. The van der Waals surface area contributed by atoms with Crippen molar-refractivity contribution in [1.82, 2.24) is 24.3 Å². The van der Waals surface area contributed by atoms with Crippen molar-refractivity contribution in [2.24, 2.45) is 0 Å². The number of piperidine rings is 1. The van der Waals surface area contributed by atoms with Crippen LogP contribution in [-0.2, 0) is 4.74 Å². The summed E-state index contributed by atoms with van der Waals surface area (Å²) in [4.78, 5) is 36.5. The minimum absolute atomic E-state index is 0.0754. The molecule has 11 heteroatoms. The Morgan fingerprint density at radius 1 is 1.12 bits per heavy atom. The Kier molecular flexibility index (Phi) is 6.91. The van der Waals surface area contributed by atoms with Gasteiger partial charge in [-0.15, -0.1) is 0 Å². The van der Waals surface area contributed by atoms with E-state index in [1.54, 1.807) is 33.9 Å². The molecule has 1 unspecified atom stereocenters. The number of nitrogens with zero attached hydrogens (tertiary/aromatic N) is 4. The van der Waals surface area contributed by atoms with Crippen LogP contribution in [0.3, 0.4) is 0 Å². The third kappa shape index (κ3) is 4.57. The van der Waals surface area contributed by atoms with Crippen LogP contribution in [0.2, 0.25) is 0 Å². The van der Waals surface area contributed by atoms with Crippen LogP contribution in [0.4, 0.5) is 13.6 Å². The van der Waals surface area contributed by atoms with Gasteiger partial charge in [0.2, 0.25) is 0 Å². The van der Waals surface area contributed by atoms with E-state index in [0.29, 0.717) is 50.0 Å². The minimum atomic E-state index is -1.07. The molecule has 0 spiro atoms. The van der Waals surface area contributed by atoms with Gasteiger partial charge in [-0.2, -0.15) is 0 Å². The van der Waals surface area contributed by atoms with Gasteiger partial charge in [0.25, 0.3) is 0 Å². The van der Waals surface area contributed by atoms with Gasteiger partial charge in [0.05, 0.1) is 17.7 Å². The number of aromatic amines is 1. The molecule has 3 aliphatic rings. The molecular weight excluding hydrogens is 520 g/mol. The number of aliphatic hydroxyl groups excluding tert-OH is 1. The Labute approximate surface area is 229 Å². The largest absolute Gasteiger partial charge is 0.444 e. The van der Waals surface area contributed by atoms with Gasteiger partial charge in [-0.05, 0) is 67.3 Å². The molecule has 2 fully saturated rings. The minimum Gasteiger partial charge on any atom is -0.444 e. The summed E-state index contributed by atoms with van der Waals surface area (Å²) < 4.78 is 36.6. The number of likely N-dealkylation sites (N-methyl/N-ethyl adjacent to an activating group) is 1. The van der Waals surface area contributed by atoms with Crippen LogP contribution >= 0.6 is 0 Å². The second-order valence-electron chi connectivity index (χ2n) is 10.7. The highest BCUT2D eigenvalue weighted by Crippen LogP contribution is 2.40. The second kappa shape index (κ2) is 10.5. The molecule has 1 aromatic carbocycles. The van der Waals surface area contributed by atoms with E-state index >= 15 is 0 Å². The molecule has 0 bridgehead atoms. The van der Waals surface area contributed by atoms with Crippen molar-refractivity contribution in [2.45, 2.75) is 55.9 Å². The van der Waals surface area contributed by atoms with Gasteiger partial charge in [-0.3, -0.25) is 9.55 Å². The molecule has 0 radical (unpaired) electrons. The average molecular weight is 552 g/mol. The van der Waals surface area contributed by atoms with Crippen molar-refractivity contribution >= 4 is 17.3 Å². The number of fused-ring (bicyclic) bond motifs is 2. The fourth-order valence-electron chi connectivity index (χ4n) is 6.45. The Morgan fingerprint density at radius 3 is 2.73 bits per heavy atom. The Balaban J connectivity index is 1.18. The summed E-state index contributed by atoms with van der Waals surface area (Å²) in [6.45, 7) is 0.830. The van der Waals surface area contributed by atoms with E-state index in [0.717, 1.165) is 11.6 Å². The number of ether oxygens (including phenoxy) is 1. The molecule has 210 valence electrons. The summed E-state index contributed by atoms with van der Waals surface area (Å²) in [7, 11) is 1.84. The van der Waals surface area contributed by atoms with Gasteiger partial charge in [0.15, 0.2) is 17.3 Å². The lowest BCUT2D eigenvalue weighted by atomic mass is 9.85. The number of H-pyrrole nitrogens is 1. The number of rotatable bonds is 3. The van der Waals surface area contributed by atoms with Gasteiger partial charge in [0.1, 0.15) is 6.10 Å². The third-order valence-electron chi connectivity index (χ3n) is 8.44. The van der Waals surface area contributed by atoms with E-state index < -0.39 is 41.9 Å². The molecule has 40 heavy (non-hydrogen) atoms. The van der Waals surface area contributed by atoms with E-state index in [1.165, 1.54) is 12.1 Å². The summed E-state index contributed by atoms with van der Waals surface area (Å²) >= 11 is 0. The van der Waals surface area contributed by atoms with Crippen LogP contribution in [0.1, 0.15) is 43.2 Å². The van der Waals surface area contributed by atoms with E-state index in [-0.39, 0.29) is 17.3 Å². The van der Waals surface area contributed by atoms with Gasteiger partial charge < -0.3 is 19.6 Å². The molecule has 2 aliphatic heterocycles. The summed E-state index contributed by atoms with van der Waals surface area (Å²) in [5.41, 5.74) is 1.77. The topological polar surface area (TPSA) is 104 Å². The number of amides is 1. The normalized spacial score (nSPS) is 25.4. The van der Waals surface area contributed by atoms with Crippen LogP contribution < -0.4 is 5.69 Å². The standard InChI is InChI=1S/C29H31F2N5O4/c1-34-14-4-6-20-25(34)23(10-9-19(26(20)37)18-5-2-7-21(30)24(18)31)40-29(39)35-15-11-17(12-16-35)36-22-8-3-13-32-27(22)33-28(36)38/h2-8,13-14,17,19,23,25-26,37H,9-12,15-16H2,1H3,(H,32,33,38)/t19-,23+,25?,26-/m0/s1. The number of nitrogens with one attached hydrogen (secondary N) is 1. The number of benzene rings is 1. The number of imidazole rings is 1. The first-order chi connectivity index (χ1) is 19.3. The molecule has 4 heterocycles. The SMILES string of the molecule is CN1C=CC=C2C1[C@H](OC(=O)N1CCC(n3c(=O)[nH]c4ncccc43)CC1)CC[C@@H](c1cccc(F)c1F)[C@@H]2O. The van der Waals surface area contributed by atoms with E-state index in [1.807, 2.05) is 24.2 Å². The molecule has 3 aromatic rings. The second-order valence-corrected chi connectivity index (χ2v) is 10.7. The maximum absolute atomic E-state index is 14.7. The lowest BCUT2D eigenvalue weighted by Gasteiger charge is -2.38. The zero-order chi connectivity index (χ0) is 28.0. The molecular formula is C29H31F2N5O4. The zero-order valence-electron chi connectivity index (χ0n) is 22.0. The predicted octanol–water partition coefficient (Wildman–Crippen LogP) is 3.84. The highest BCUT2D eigenvalue weighted by molar-refractivity contribution is 5.70. The number of aliphatic hydroxyl groups is 1. The molecule has 2 aromatic heterocycles. The molecule has 1 aliphatic carbocycles. The van der Waals surface area contributed by atoms with E-state index in [2.05, 4.69) is 9.97 Å². The first-order valence-corrected chi connectivity index (χ1v) is 13.6. The van der Waals surface area contributed by atoms with Crippen LogP contribution in [-0.4, -0.2) is 73.9 Å². The average Bonchev–Trinajstić information content (AvgIpc) is 3.22. The summed E-state index contributed by atoms with van der Waals surface area (Å²) in [6.07, 6.45) is 6.70. The van der Waals surface area contributed by atoms with Gasteiger partial charge in [-0.25, -0.2) is 23.4 Å². The van der Waals surface area contributed by atoms with Gasteiger partial charge >= 0.3 is 11.8 Å². The van der Waals surface area contributed by atoms with Crippen molar-refractivity contribution in [3.05, 3.63) is 88.1 Å². The number of carbonyl (C=O) groups is 1. The maximum atomic E-state index is 14.7. The van der Waals surface area contributed by atoms with Crippen molar-refractivity contribution < 1.29 is 23.4 Å². The predicted molar refractivity (Wildman–Crippen MR) is 144 cm³/mol. The molecule has 6 rings (SSSR count). The van der Waals surface area contributed by atoms with Crippen LogP contribution in [0, 0.1) is 11.6 Å². The molecule has 4 atom stereocenters. The molecule has 2 N–H and O–H groups in total. The quantitative estimate of drug-likeness (QED) is 0.513. The molecule has 9 nitrogen and oxygen atoms in total. The Morgan fingerprint density at radius 2 is 1.93 bits per heavy atom. The highest BCUT2D eigenvalue weighted by Gasteiger charge is 2.43. The lowest BCUT2D eigenvalue weighted by Crippen LogP contribution is -2.48. The fourth-order valence-corrected chi connectivity index (χ4v) is 6.45. The number of halogens is 2. The maximum Gasteiger partial charge on any atom is 0.410 e. The first kappa shape index (κ1) is 26.2. The van der Waals surface area contributed by atoms with Crippen molar-refractivity contribution in [3.8, 4) is 0 Å². The number of hydrogen-bond donors (Lipinski definition) is 2.